The van der Waals surface area contributed by atoms with Crippen molar-refractivity contribution in [1.29, 1.82) is 0 Å². The van der Waals surface area contributed by atoms with Gasteiger partial charge in [-0.15, -0.1) is 0 Å². The summed E-state index contributed by atoms with van der Waals surface area (Å²) in [4.78, 5) is 24.8. The van der Waals surface area contributed by atoms with E-state index >= 15 is 0 Å². The summed E-state index contributed by atoms with van der Waals surface area (Å²) in [6.07, 6.45) is 0.866. The molecule has 1 N–H and O–H groups in total. The van der Waals surface area contributed by atoms with E-state index in [0.717, 1.165) is 6.42 Å². The molecule has 0 aromatic heterocycles. The first-order valence-corrected chi connectivity index (χ1v) is 5.94. The Hall–Kier alpha value is -1.84. The van der Waals surface area contributed by atoms with Gasteiger partial charge in [0.25, 0.3) is 0 Å². The SMILES string of the molecule is CN(C(=O)C1CC1(C)C)c1ccccc1C(=O)O. The summed E-state index contributed by atoms with van der Waals surface area (Å²) in [5.74, 6) is -1.02. The fraction of sp³-hybridized carbons (Fsp3) is 0.429. The number of carbonyl (C=O) groups is 2. The summed E-state index contributed by atoms with van der Waals surface area (Å²) < 4.78 is 0. The maximum absolute atomic E-state index is 12.2. The summed E-state index contributed by atoms with van der Waals surface area (Å²) in [6, 6.07) is 6.58. The van der Waals surface area contributed by atoms with Gasteiger partial charge in [0.2, 0.25) is 5.91 Å². The van der Waals surface area contributed by atoms with Crippen LogP contribution in [0.2, 0.25) is 0 Å². The molecule has 4 heteroatoms. The molecule has 18 heavy (non-hydrogen) atoms. The average Bonchev–Trinajstić information content (AvgIpc) is 2.96. The lowest BCUT2D eigenvalue weighted by Crippen LogP contribution is -2.30. The van der Waals surface area contributed by atoms with Crippen LogP contribution in [0, 0.1) is 11.3 Å². The normalized spacial score (nSPS) is 20.3. The maximum Gasteiger partial charge on any atom is 0.337 e. The Balaban J connectivity index is 2.27. The van der Waals surface area contributed by atoms with Crippen molar-refractivity contribution in [3.05, 3.63) is 29.8 Å². The number of hydrogen-bond acceptors (Lipinski definition) is 2. The van der Waals surface area contributed by atoms with E-state index in [4.69, 9.17) is 5.11 Å². The molecule has 0 radical (unpaired) electrons. The smallest absolute Gasteiger partial charge is 0.337 e. The molecule has 1 saturated carbocycles. The highest BCUT2D eigenvalue weighted by atomic mass is 16.4. The lowest BCUT2D eigenvalue weighted by molar-refractivity contribution is -0.120. The third-order valence-electron chi connectivity index (χ3n) is 3.64. The number of carboxylic acid groups (broad SMARTS) is 1. The Morgan fingerprint density at radius 1 is 1.33 bits per heavy atom. The monoisotopic (exact) mass is 247 g/mol. The van der Waals surface area contributed by atoms with Crippen molar-refractivity contribution >= 4 is 17.6 Å². The number of nitrogens with zero attached hydrogens (tertiary/aromatic N) is 1. The Morgan fingerprint density at radius 2 is 1.89 bits per heavy atom. The van der Waals surface area contributed by atoms with Crippen molar-refractivity contribution in [2.75, 3.05) is 11.9 Å². The highest BCUT2D eigenvalue weighted by Crippen LogP contribution is 2.52. The molecule has 96 valence electrons. The molecule has 1 amide bonds. The van der Waals surface area contributed by atoms with Gasteiger partial charge in [-0.25, -0.2) is 4.79 Å². The quantitative estimate of drug-likeness (QED) is 0.892. The topological polar surface area (TPSA) is 57.6 Å². The zero-order valence-corrected chi connectivity index (χ0v) is 10.8. The molecule has 2 rings (SSSR count). The molecule has 1 aromatic carbocycles. The van der Waals surface area contributed by atoms with Crippen LogP contribution in [0.25, 0.3) is 0 Å². The molecular formula is C14H17NO3. The molecule has 1 aliphatic rings. The van der Waals surface area contributed by atoms with Gasteiger partial charge < -0.3 is 10.0 Å². The largest absolute Gasteiger partial charge is 0.478 e. The molecule has 1 fully saturated rings. The zero-order valence-electron chi connectivity index (χ0n) is 10.8. The number of benzene rings is 1. The Labute approximate surface area is 106 Å². The van der Waals surface area contributed by atoms with Crippen LogP contribution in [-0.2, 0) is 4.79 Å². The van der Waals surface area contributed by atoms with E-state index in [2.05, 4.69) is 0 Å². The van der Waals surface area contributed by atoms with Gasteiger partial charge in [-0.2, -0.15) is 0 Å². The maximum atomic E-state index is 12.2. The lowest BCUT2D eigenvalue weighted by atomic mass is 10.1. The third-order valence-corrected chi connectivity index (χ3v) is 3.64. The number of amides is 1. The number of rotatable bonds is 3. The highest BCUT2D eigenvalue weighted by molar-refractivity contribution is 6.03. The summed E-state index contributed by atoms with van der Waals surface area (Å²) in [5.41, 5.74) is 0.660. The van der Waals surface area contributed by atoms with Gasteiger partial charge in [-0.05, 0) is 24.0 Å². The van der Waals surface area contributed by atoms with E-state index in [1.165, 1.54) is 11.0 Å². The van der Waals surface area contributed by atoms with Gasteiger partial charge in [0.05, 0.1) is 11.3 Å². The van der Waals surface area contributed by atoms with Crippen molar-refractivity contribution in [2.45, 2.75) is 20.3 Å². The number of para-hydroxylation sites is 1. The lowest BCUT2D eigenvalue weighted by Gasteiger charge is -2.20. The molecule has 0 aliphatic heterocycles. The molecule has 1 atom stereocenters. The minimum Gasteiger partial charge on any atom is -0.478 e. The van der Waals surface area contributed by atoms with E-state index in [1.807, 2.05) is 13.8 Å². The van der Waals surface area contributed by atoms with E-state index in [9.17, 15) is 9.59 Å². The van der Waals surface area contributed by atoms with Gasteiger partial charge in [0.15, 0.2) is 0 Å². The fourth-order valence-electron chi connectivity index (χ4n) is 2.19. The zero-order chi connectivity index (χ0) is 13.5. The molecule has 0 saturated heterocycles. The van der Waals surface area contributed by atoms with Crippen LogP contribution in [0.15, 0.2) is 24.3 Å². The Morgan fingerprint density at radius 3 is 2.39 bits per heavy atom. The second-order valence-corrected chi connectivity index (χ2v) is 5.46. The number of aromatic carboxylic acids is 1. The van der Waals surface area contributed by atoms with E-state index in [-0.39, 0.29) is 22.8 Å². The number of anilines is 1. The third kappa shape index (κ3) is 2.10. The van der Waals surface area contributed by atoms with Crippen LogP contribution in [0.4, 0.5) is 5.69 Å². The Kier molecular flexibility index (Phi) is 2.89. The van der Waals surface area contributed by atoms with Crippen LogP contribution in [0.5, 0.6) is 0 Å². The van der Waals surface area contributed by atoms with Crippen LogP contribution in [0.3, 0.4) is 0 Å². The molecule has 1 aliphatic carbocycles. The van der Waals surface area contributed by atoms with Gasteiger partial charge in [0, 0.05) is 13.0 Å². The van der Waals surface area contributed by atoms with E-state index in [0.29, 0.717) is 5.69 Å². The first-order valence-electron chi connectivity index (χ1n) is 5.94. The first-order chi connectivity index (χ1) is 8.34. The predicted molar refractivity (Wildman–Crippen MR) is 68.7 cm³/mol. The second kappa shape index (κ2) is 4.12. The highest BCUT2D eigenvalue weighted by Gasteiger charge is 2.51. The second-order valence-electron chi connectivity index (χ2n) is 5.46. The molecule has 0 spiro atoms. The number of carbonyl (C=O) groups excluding carboxylic acids is 1. The van der Waals surface area contributed by atoms with Crippen molar-refractivity contribution in [3.8, 4) is 0 Å². The van der Waals surface area contributed by atoms with Gasteiger partial charge in [-0.1, -0.05) is 26.0 Å². The Bertz CT molecular complexity index is 508. The fourth-order valence-corrected chi connectivity index (χ4v) is 2.19. The molecular weight excluding hydrogens is 230 g/mol. The minimum absolute atomic E-state index is 0.00403. The van der Waals surface area contributed by atoms with Gasteiger partial charge >= 0.3 is 5.97 Å². The summed E-state index contributed by atoms with van der Waals surface area (Å²) in [5, 5.41) is 9.12. The predicted octanol–water partition coefficient (Wildman–Crippen LogP) is 2.39. The minimum atomic E-state index is -1.01. The van der Waals surface area contributed by atoms with Crippen LogP contribution in [0.1, 0.15) is 30.6 Å². The average molecular weight is 247 g/mol. The van der Waals surface area contributed by atoms with E-state index < -0.39 is 5.97 Å². The summed E-state index contributed by atoms with van der Waals surface area (Å²) in [6.45, 7) is 4.10. The van der Waals surface area contributed by atoms with Gasteiger partial charge in [0.1, 0.15) is 0 Å². The number of carboxylic acids is 1. The van der Waals surface area contributed by atoms with Crippen molar-refractivity contribution in [1.82, 2.24) is 0 Å². The van der Waals surface area contributed by atoms with Crippen molar-refractivity contribution in [2.24, 2.45) is 11.3 Å². The van der Waals surface area contributed by atoms with Crippen LogP contribution >= 0.6 is 0 Å². The molecule has 0 bridgehead atoms. The van der Waals surface area contributed by atoms with Crippen molar-refractivity contribution < 1.29 is 14.7 Å². The van der Waals surface area contributed by atoms with Crippen LogP contribution < -0.4 is 4.90 Å². The summed E-state index contributed by atoms with van der Waals surface area (Å²) >= 11 is 0. The molecule has 1 unspecified atom stereocenters. The summed E-state index contributed by atoms with van der Waals surface area (Å²) in [7, 11) is 1.64. The first kappa shape index (κ1) is 12.6. The number of hydrogen-bond donors (Lipinski definition) is 1. The standard InChI is InChI=1S/C14H17NO3/c1-14(2)8-10(14)12(16)15(3)11-7-5-4-6-9(11)13(17)18/h4-7,10H,8H2,1-3H3,(H,17,18). The van der Waals surface area contributed by atoms with Crippen LogP contribution in [-0.4, -0.2) is 24.0 Å². The molecule has 4 nitrogen and oxygen atoms in total. The van der Waals surface area contributed by atoms with Crippen molar-refractivity contribution in [3.63, 3.8) is 0 Å². The van der Waals surface area contributed by atoms with E-state index in [1.54, 1.807) is 25.2 Å². The molecule has 0 heterocycles. The van der Waals surface area contributed by atoms with Gasteiger partial charge in [-0.3, -0.25) is 4.79 Å². The molecule has 1 aromatic rings.